The number of oxazole rings is 1. The van der Waals surface area contributed by atoms with E-state index in [0.717, 1.165) is 33.5 Å². The van der Waals surface area contributed by atoms with E-state index in [1.165, 1.54) is 5.56 Å². The van der Waals surface area contributed by atoms with Gasteiger partial charge in [0.25, 0.3) is 0 Å². The fourth-order valence-electron chi connectivity index (χ4n) is 3.28. The Kier molecular flexibility index (Phi) is 5.48. The molecule has 0 bridgehead atoms. The quantitative estimate of drug-likeness (QED) is 0.606. The fourth-order valence-corrected chi connectivity index (χ4v) is 3.66. The molecule has 0 spiro atoms. The molecule has 1 atom stereocenters. The van der Waals surface area contributed by atoms with E-state index in [-0.39, 0.29) is 11.9 Å². The van der Waals surface area contributed by atoms with Crippen LogP contribution in [-0.2, 0) is 11.2 Å². The zero-order valence-corrected chi connectivity index (χ0v) is 17.2. The smallest absolute Gasteiger partial charge is 0.220 e. The first-order valence-electron chi connectivity index (χ1n) is 9.32. The zero-order valence-electron chi connectivity index (χ0n) is 15.6. The van der Waals surface area contributed by atoms with Crippen LogP contribution in [0, 0.1) is 6.92 Å². The molecular weight excluding hydrogens is 420 g/mol. The number of hydrogen-bond acceptors (Lipinski definition) is 4. The Morgan fingerprint density at radius 1 is 1.25 bits per heavy atom. The van der Waals surface area contributed by atoms with Crippen LogP contribution in [0.2, 0.25) is 0 Å². The van der Waals surface area contributed by atoms with Gasteiger partial charge in [-0.25, -0.2) is 4.98 Å². The van der Waals surface area contributed by atoms with E-state index in [9.17, 15) is 4.79 Å². The third kappa shape index (κ3) is 4.28. The highest BCUT2D eigenvalue weighted by molar-refractivity contribution is 9.10. The van der Waals surface area contributed by atoms with Gasteiger partial charge in [0.1, 0.15) is 5.75 Å². The Bertz CT molecular complexity index is 982. The van der Waals surface area contributed by atoms with E-state index in [1.807, 2.05) is 49.4 Å². The molecule has 1 aliphatic rings. The monoisotopic (exact) mass is 440 g/mol. The molecule has 3 aromatic rings. The summed E-state index contributed by atoms with van der Waals surface area (Å²) in [6, 6.07) is 13.9. The summed E-state index contributed by atoms with van der Waals surface area (Å²) < 4.78 is 12.5. The maximum absolute atomic E-state index is 12.5. The maximum atomic E-state index is 12.5. The van der Waals surface area contributed by atoms with Gasteiger partial charge in [0.2, 0.25) is 5.91 Å². The van der Waals surface area contributed by atoms with Gasteiger partial charge in [0.05, 0.1) is 18.8 Å². The van der Waals surface area contributed by atoms with Gasteiger partial charge in [0.15, 0.2) is 11.7 Å². The lowest BCUT2D eigenvalue weighted by Crippen LogP contribution is -2.32. The standard InChI is InChI=1S/C22H21BrN2O3/c1-14-2-4-15(5-3-14)20-13-24-22(28-20)9-8-21(26)25-18-10-11-27-19-7-6-16(23)12-17(18)19/h2-7,12-13,18H,8-11H2,1H3,(H,25,26). The molecule has 6 heteroatoms. The average molecular weight is 441 g/mol. The first-order valence-corrected chi connectivity index (χ1v) is 10.1. The lowest BCUT2D eigenvalue weighted by Gasteiger charge is -2.27. The lowest BCUT2D eigenvalue weighted by molar-refractivity contribution is -0.122. The molecule has 1 amide bonds. The summed E-state index contributed by atoms with van der Waals surface area (Å²) in [6.45, 7) is 2.64. The van der Waals surface area contributed by atoms with Crippen molar-refractivity contribution in [2.24, 2.45) is 0 Å². The van der Waals surface area contributed by atoms with Gasteiger partial charge in [0, 0.05) is 34.9 Å². The number of amides is 1. The number of carbonyl (C=O) groups excluding carboxylic acids is 1. The molecule has 2 heterocycles. The summed E-state index contributed by atoms with van der Waals surface area (Å²) in [7, 11) is 0. The van der Waals surface area contributed by atoms with Gasteiger partial charge >= 0.3 is 0 Å². The van der Waals surface area contributed by atoms with Crippen LogP contribution in [-0.4, -0.2) is 17.5 Å². The van der Waals surface area contributed by atoms with Crippen molar-refractivity contribution in [3.05, 3.63) is 70.2 Å². The summed E-state index contributed by atoms with van der Waals surface area (Å²) >= 11 is 3.48. The van der Waals surface area contributed by atoms with Gasteiger partial charge in [-0.1, -0.05) is 45.8 Å². The maximum Gasteiger partial charge on any atom is 0.220 e. The molecular formula is C22H21BrN2O3. The van der Waals surface area contributed by atoms with Crippen LogP contribution < -0.4 is 10.1 Å². The second kappa shape index (κ2) is 8.19. The second-order valence-corrected chi connectivity index (χ2v) is 7.84. The van der Waals surface area contributed by atoms with Crippen molar-refractivity contribution in [1.29, 1.82) is 0 Å². The van der Waals surface area contributed by atoms with Crippen molar-refractivity contribution in [2.45, 2.75) is 32.2 Å². The van der Waals surface area contributed by atoms with E-state index in [0.29, 0.717) is 25.3 Å². The number of rotatable bonds is 5. The van der Waals surface area contributed by atoms with Crippen LogP contribution >= 0.6 is 15.9 Å². The van der Waals surface area contributed by atoms with Crippen molar-refractivity contribution in [1.82, 2.24) is 10.3 Å². The number of carbonyl (C=O) groups is 1. The van der Waals surface area contributed by atoms with E-state index in [2.05, 4.69) is 26.2 Å². The van der Waals surface area contributed by atoms with Gasteiger partial charge < -0.3 is 14.5 Å². The summed E-state index contributed by atoms with van der Waals surface area (Å²) in [4.78, 5) is 16.8. The van der Waals surface area contributed by atoms with Crippen LogP contribution in [0.1, 0.15) is 35.9 Å². The number of hydrogen-bond donors (Lipinski definition) is 1. The summed E-state index contributed by atoms with van der Waals surface area (Å²) in [5.41, 5.74) is 3.19. The van der Waals surface area contributed by atoms with Crippen molar-refractivity contribution < 1.29 is 13.9 Å². The minimum absolute atomic E-state index is 0.0205. The van der Waals surface area contributed by atoms with E-state index >= 15 is 0 Å². The minimum Gasteiger partial charge on any atom is -0.493 e. The highest BCUT2D eigenvalue weighted by Crippen LogP contribution is 2.34. The molecule has 1 N–H and O–H groups in total. The minimum atomic E-state index is -0.0403. The number of aromatic nitrogens is 1. The Morgan fingerprint density at radius 2 is 2.07 bits per heavy atom. The molecule has 5 nitrogen and oxygen atoms in total. The van der Waals surface area contributed by atoms with Gasteiger partial charge in [-0.2, -0.15) is 0 Å². The second-order valence-electron chi connectivity index (χ2n) is 6.92. The van der Waals surface area contributed by atoms with Crippen molar-refractivity contribution in [3.8, 4) is 17.1 Å². The number of nitrogens with one attached hydrogen (secondary N) is 1. The molecule has 4 rings (SSSR count). The van der Waals surface area contributed by atoms with Crippen LogP contribution in [0.25, 0.3) is 11.3 Å². The molecule has 144 valence electrons. The summed E-state index contributed by atoms with van der Waals surface area (Å²) in [6.07, 6.45) is 3.26. The van der Waals surface area contributed by atoms with Gasteiger partial charge in [-0.05, 0) is 25.1 Å². The van der Waals surface area contributed by atoms with Crippen molar-refractivity contribution >= 4 is 21.8 Å². The largest absolute Gasteiger partial charge is 0.493 e. The number of nitrogens with zero attached hydrogens (tertiary/aromatic N) is 1. The molecule has 0 saturated carbocycles. The molecule has 2 aromatic carbocycles. The average Bonchev–Trinajstić information content (AvgIpc) is 3.16. The molecule has 0 radical (unpaired) electrons. The summed E-state index contributed by atoms with van der Waals surface area (Å²) in [5, 5.41) is 3.11. The Labute approximate surface area is 172 Å². The fraction of sp³-hybridized carbons (Fsp3) is 0.273. The highest BCUT2D eigenvalue weighted by atomic mass is 79.9. The molecule has 1 unspecified atom stereocenters. The molecule has 1 aromatic heterocycles. The first-order chi connectivity index (χ1) is 13.6. The van der Waals surface area contributed by atoms with Gasteiger partial charge in [-0.3, -0.25) is 4.79 Å². The first kappa shape index (κ1) is 18.7. The predicted octanol–water partition coefficient (Wildman–Crippen LogP) is 4.99. The van der Waals surface area contributed by atoms with Crippen molar-refractivity contribution in [3.63, 3.8) is 0 Å². The van der Waals surface area contributed by atoms with Crippen LogP contribution in [0.4, 0.5) is 0 Å². The van der Waals surface area contributed by atoms with Crippen LogP contribution in [0.15, 0.2) is 57.6 Å². The summed E-state index contributed by atoms with van der Waals surface area (Å²) in [5.74, 6) is 2.10. The number of ether oxygens (including phenoxy) is 1. The van der Waals surface area contributed by atoms with E-state index in [1.54, 1.807) is 6.20 Å². The number of aryl methyl sites for hydroxylation is 2. The normalized spacial score (nSPS) is 15.6. The van der Waals surface area contributed by atoms with Gasteiger partial charge in [-0.15, -0.1) is 0 Å². The van der Waals surface area contributed by atoms with Crippen LogP contribution in [0.3, 0.4) is 0 Å². The van der Waals surface area contributed by atoms with E-state index < -0.39 is 0 Å². The molecule has 0 saturated heterocycles. The Hall–Kier alpha value is -2.60. The SMILES string of the molecule is Cc1ccc(-c2cnc(CCC(=O)NC3CCOc4ccc(Br)cc43)o2)cc1. The Balaban J connectivity index is 1.36. The zero-order chi connectivity index (χ0) is 19.5. The molecule has 0 aliphatic carbocycles. The third-order valence-electron chi connectivity index (χ3n) is 4.80. The van der Waals surface area contributed by atoms with Crippen molar-refractivity contribution in [2.75, 3.05) is 6.61 Å². The Morgan fingerprint density at radius 3 is 2.89 bits per heavy atom. The highest BCUT2D eigenvalue weighted by Gasteiger charge is 2.23. The lowest BCUT2D eigenvalue weighted by atomic mass is 10.0. The number of fused-ring (bicyclic) bond motifs is 1. The molecule has 28 heavy (non-hydrogen) atoms. The molecule has 1 aliphatic heterocycles. The topological polar surface area (TPSA) is 64.4 Å². The van der Waals surface area contributed by atoms with E-state index in [4.69, 9.17) is 9.15 Å². The molecule has 0 fully saturated rings. The number of benzene rings is 2. The van der Waals surface area contributed by atoms with Crippen LogP contribution in [0.5, 0.6) is 5.75 Å². The third-order valence-corrected chi connectivity index (χ3v) is 5.30. The predicted molar refractivity (Wildman–Crippen MR) is 110 cm³/mol. The number of halogens is 1.